The van der Waals surface area contributed by atoms with Crippen molar-refractivity contribution in [1.29, 1.82) is 0 Å². The topological polar surface area (TPSA) is 75.1 Å². The molecule has 0 unspecified atom stereocenters. The summed E-state index contributed by atoms with van der Waals surface area (Å²) >= 11 is 5.83. The van der Waals surface area contributed by atoms with E-state index in [1.807, 2.05) is 62.5 Å². The molecule has 1 amide bonds. The van der Waals surface area contributed by atoms with Crippen molar-refractivity contribution < 1.29 is 4.79 Å². The molecular formula is C30H32N6OS. The second kappa shape index (κ2) is 10.8. The molecule has 194 valence electrons. The van der Waals surface area contributed by atoms with Crippen LogP contribution in [0.15, 0.2) is 73.2 Å². The van der Waals surface area contributed by atoms with Gasteiger partial charge in [0.15, 0.2) is 5.11 Å². The van der Waals surface area contributed by atoms with E-state index in [0.29, 0.717) is 18.1 Å². The van der Waals surface area contributed by atoms with Crippen molar-refractivity contribution in [2.24, 2.45) is 0 Å². The van der Waals surface area contributed by atoms with E-state index in [2.05, 4.69) is 56.0 Å². The molecule has 38 heavy (non-hydrogen) atoms. The fraction of sp³-hybridized carbons (Fsp3) is 0.267. The molecule has 1 fully saturated rings. The summed E-state index contributed by atoms with van der Waals surface area (Å²) < 4.78 is 2.21. The highest BCUT2D eigenvalue weighted by Gasteiger charge is 2.41. The number of carbonyl (C=O) groups excluding carboxylic acids is 1. The molecule has 0 spiro atoms. The van der Waals surface area contributed by atoms with Crippen molar-refractivity contribution in [3.05, 3.63) is 107 Å². The van der Waals surface area contributed by atoms with Gasteiger partial charge in [-0.1, -0.05) is 18.2 Å². The molecule has 4 aromatic rings. The highest BCUT2D eigenvalue weighted by atomic mass is 32.1. The number of pyridine rings is 2. The summed E-state index contributed by atoms with van der Waals surface area (Å²) in [5.74, 6) is -0.0395. The molecule has 3 aromatic heterocycles. The average Bonchev–Trinajstić information content (AvgIpc) is 3.40. The number of carbonyl (C=O) groups is 1. The molecule has 0 bridgehead atoms. The summed E-state index contributed by atoms with van der Waals surface area (Å²) in [5, 5.41) is 7.20. The lowest BCUT2D eigenvalue weighted by atomic mass is 9.96. The summed E-state index contributed by atoms with van der Waals surface area (Å²) in [4.78, 5) is 24.1. The summed E-state index contributed by atoms with van der Waals surface area (Å²) in [6, 6.07) is 17.9. The van der Waals surface area contributed by atoms with Gasteiger partial charge in [0.1, 0.15) is 0 Å². The van der Waals surface area contributed by atoms with Crippen LogP contribution in [0.2, 0.25) is 0 Å². The van der Waals surface area contributed by atoms with E-state index >= 15 is 0 Å². The van der Waals surface area contributed by atoms with E-state index in [1.54, 1.807) is 12.4 Å². The predicted octanol–water partition coefficient (Wildman–Crippen LogP) is 5.50. The normalized spacial score (nSPS) is 16.9. The molecule has 4 heterocycles. The lowest BCUT2D eigenvalue weighted by molar-refractivity contribution is -0.116. The number of nitrogens with one attached hydrogen (secondary N) is 2. The maximum Gasteiger partial charge on any atom is 0.226 e. The second-order valence-corrected chi connectivity index (χ2v) is 10.2. The van der Waals surface area contributed by atoms with Gasteiger partial charge in [0, 0.05) is 42.4 Å². The van der Waals surface area contributed by atoms with Gasteiger partial charge in [0.05, 0.1) is 29.7 Å². The Morgan fingerprint density at radius 1 is 1.05 bits per heavy atom. The fourth-order valence-corrected chi connectivity index (χ4v) is 5.59. The average molecular weight is 525 g/mol. The molecule has 0 aliphatic carbocycles. The molecule has 7 nitrogen and oxygen atoms in total. The summed E-state index contributed by atoms with van der Waals surface area (Å²) in [7, 11) is 0. The van der Waals surface area contributed by atoms with E-state index in [1.165, 1.54) is 0 Å². The third kappa shape index (κ3) is 5.04. The van der Waals surface area contributed by atoms with Crippen molar-refractivity contribution >= 4 is 28.9 Å². The van der Waals surface area contributed by atoms with Gasteiger partial charge < -0.3 is 20.1 Å². The lowest BCUT2D eigenvalue weighted by Crippen LogP contribution is -2.33. The number of aryl methyl sites for hydroxylation is 3. The van der Waals surface area contributed by atoms with Crippen molar-refractivity contribution in [3.63, 3.8) is 0 Å². The van der Waals surface area contributed by atoms with E-state index < -0.39 is 0 Å². The number of benzene rings is 1. The van der Waals surface area contributed by atoms with Crippen LogP contribution in [-0.4, -0.2) is 37.0 Å². The van der Waals surface area contributed by atoms with Crippen LogP contribution in [0, 0.1) is 27.7 Å². The molecule has 5 rings (SSSR count). The first-order chi connectivity index (χ1) is 18.3. The Bertz CT molecular complexity index is 1470. The third-order valence-electron chi connectivity index (χ3n) is 7.14. The molecule has 2 N–H and O–H groups in total. The van der Waals surface area contributed by atoms with Gasteiger partial charge >= 0.3 is 0 Å². The molecule has 0 saturated carbocycles. The van der Waals surface area contributed by atoms with Crippen molar-refractivity contribution in [3.8, 4) is 5.69 Å². The predicted molar refractivity (Wildman–Crippen MR) is 154 cm³/mol. The first kappa shape index (κ1) is 25.6. The van der Waals surface area contributed by atoms with Crippen LogP contribution in [0.1, 0.15) is 52.3 Å². The minimum atomic E-state index is -0.145. The number of amides is 1. The van der Waals surface area contributed by atoms with Crippen molar-refractivity contribution in [2.75, 3.05) is 11.9 Å². The zero-order valence-electron chi connectivity index (χ0n) is 22.1. The van der Waals surface area contributed by atoms with E-state index in [4.69, 9.17) is 12.2 Å². The van der Waals surface area contributed by atoms with Crippen LogP contribution in [-0.2, 0) is 4.79 Å². The lowest BCUT2D eigenvalue weighted by Gasteiger charge is -2.28. The number of thiocarbonyl (C=S) groups is 1. The van der Waals surface area contributed by atoms with Crippen LogP contribution in [0.3, 0.4) is 0 Å². The zero-order valence-corrected chi connectivity index (χ0v) is 22.9. The van der Waals surface area contributed by atoms with Gasteiger partial charge in [-0.25, -0.2) is 0 Å². The highest BCUT2D eigenvalue weighted by Crippen LogP contribution is 2.41. The Hall–Kier alpha value is -4.04. The Kier molecular flexibility index (Phi) is 7.24. The monoisotopic (exact) mass is 524 g/mol. The van der Waals surface area contributed by atoms with E-state index in [0.717, 1.165) is 45.1 Å². The number of hydrogen-bond acceptors (Lipinski definition) is 4. The first-order valence-corrected chi connectivity index (χ1v) is 13.2. The van der Waals surface area contributed by atoms with Crippen LogP contribution in [0.5, 0.6) is 0 Å². The summed E-state index contributed by atoms with van der Waals surface area (Å²) in [5.41, 5.74) is 8.28. The molecule has 1 aliphatic heterocycles. The molecular weight excluding hydrogens is 492 g/mol. The van der Waals surface area contributed by atoms with E-state index in [9.17, 15) is 4.79 Å². The van der Waals surface area contributed by atoms with Crippen molar-refractivity contribution in [2.45, 2.75) is 46.2 Å². The fourth-order valence-electron chi connectivity index (χ4n) is 5.26. The minimum absolute atomic E-state index is 0.0395. The quantitative estimate of drug-likeness (QED) is 0.311. The van der Waals surface area contributed by atoms with Crippen LogP contribution < -0.4 is 10.6 Å². The number of anilines is 1. The Morgan fingerprint density at radius 2 is 1.89 bits per heavy atom. The molecule has 1 aromatic carbocycles. The maximum absolute atomic E-state index is 13.0. The molecule has 1 saturated heterocycles. The van der Waals surface area contributed by atoms with Gasteiger partial charge in [0.25, 0.3) is 0 Å². The molecule has 1 aliphatic rings. The summed E-state index contributed by atoms with van der Waals surface area (Å²) in [6.45, 7) is 8.72. The van der Waals surface area contributed by atoms with Crippen LogP contribution in [0.25, 0.3) is 5.69 Å². The molecule has 0 radical (unpaired) electrons. The number of aromatic nitrogens is 3. The third-order valence-corrected chi connectivity index (χ3v) is 7.49. The zero-order chi connectivity index (χ0) is 26.8. The van der Waals surface area contributed by atoms with E-state index in [-0.39, 0.29) is 18.0 Å². The highest BCUT2D eigenvalue weighted by molar-refractivity contribution is 7.80. The SMILES string of the molecule is Cc1ccc(C)c(NC(=O)CCN2C(=S)N[C@@H](c3ccccn3)[C@H]2c2cc(C)n(-c3cccnc3)c2C)c1. The minimum Gasteiger partial charge on any atom is -0.352 e. The van der Waals surface area contributed by atoms with Crippen LogP contribution in [0.4, 0.5) is 5.69 Å². The standard InChI is InChI=1S/C30H32N6OS/c1-19-10-11-20(2)26(16-19)33-27(37)12-15-35-29(28(34-30(35)38)25-9-5-6-14-32-25)24-17-21(3)36(22(24)4)23-8-7-13-31-18-23/h5-11,13-14,16-18,28-29H,12,15H2,1-4H3,(H,33,37)(H,34,38)/t28-,29+/m0/s1. The number of nitrogens with zero attached hydrogens (tertiary/aromatic N) is 4. The molecule has 8 heteroatoms. The smallest absolute Gasteiger partial charge is 0.226 e. The largest absolute Gasteiger partial charge is 0.352 e. The Balaban J connectivity index is 1.46. The van der Waals surface area contributed by atoms with Crippen LogP contribution >= 0.6 is 12.2 Å². The second-order valence-electron chi connectivity index (χ2n) is 9.81. The van der Waals surface area contributed by atoms with Gasteiger partial charge in [-0.05, 0) is 93.0 Å². The maximum atomic E-state index is 13.0. The van der Waals surface area contributed by atoms with Gasteiger partial charge in [-0.15, -0.1) is 0 Å². The van der Waals surface area contributed by atoms with Crippen molar-refractivity contribution in [1.82, 2.24) is 24.8 Å². The Labute approximate surface area is 228 Å². The summed E-state index contributed by atoms with van der Waals surface area (Å²) in [6.07, 6.45) is 5.76. The van der Waals surface area contributed by atoms with Gasteiger partial charge in [-0.3, -0.25) is 14.8 Å². The number of rotatable bonds is 7. The Morgan fingerprint density at radius 3 is 2.63 bits per heavy atom. The van der Waals surface area contributed by atoms with Gasteiger partial charge in [-0.2, -0.15) is 0 Å². The number of hydrogen-bond donors (Lipinski definition) is 2. The molecule has 2 atom stereocenters. The first-order valence-electron chi connectivity index (χ1n) is 12.8. The van der Waals surface area contributed by atoms with Gasteiger partial charge in [0.2, 0.25) is 5.91 Å².